The number of carbonyl (C=O) groups is 2. The summed E-state index contributed by atoms with van der Waals surface area (Å²) in [4.78, 5) is 28.8. The first-order chi connectivity index (χ1) is 15.1. The predicted octanol–water partition coefficient (Wildman–Crippen LogP) is 4.16. The van der Waals surface area contributed by atoms with E-state index < -0.39 is 5.97 Å². The van der Waals surface area contributed by atoms with Crippen LogP contribution >= 0.6 is 0 Å². The van der Waals surface area contributed by atoms with E-state index in [4.69, 9.17) is 4.74 Å². The maximum atomic E-state index is 13.1. The zero-order valence-electron chi connectivity index (χ0n) is 17.6. The maximum absolute atomic E-state index is 13.1. The van der Waals surface area contributed by atoms with E-state index in [9.17, 15) is 9.59 Å². The molecule has 3 aromatic carbocycles. The molecule has 0 radical (unpaired) electrons. The van der Waals surface area contributed by atoms with E-state index in [1.54, 1.807) is 24.3 Å². The molecule has 1 aliphatic heterocycles. The zero-order valence-corrected chi connectivity index (χ0v) is 17.6. The van der Waals surface area contributed by atoms with Crippen LogP contribution in [0.5, 0.6) is 5.75 Å². The van der Waals surface area contributed by atoms with Crippen molar-refractivity contribution in [2.45, 2.75) is 13.0 Å². The Morgan fingerprint density at radius 2 is 1.26 bits per heavy atom. The molecule has 31 heavy (non-hydrogen) atoms. The highest BCUT2D eigenvalue weighted by atomic mass is 16.5. The van der Waals surface area contributed by atoms with Crippen LogP contribution in [0.25, 0.3) is 0 Å². The first kappa shape index (κ1) is 20.8. The van der Waals surface area contributed by atoms with Crippen molar-refractivity contribution in [2.24, 2.45) is 0 Å². The summed E-state index contributed by atoms with van der Waals surface area (Å²) in [5.41, 5.74) is 2.91. The summed E-state index contributed by atoms with van der Waals surface area (Å²) in [5, 5.41) is 0. The summed E-state index contributed by atoms with van der Waals surface area (Å²) in [7, 11) is 0. The van der Waals surface area contributed by atoms with Gasteiger partial charge in [0.1, 0.15) is 5.75 Å². The second-order valence-corrected chi connectivity index (χ2v) is 7.64. The molecule has 0 aromatic heterocycles. The van der Waals surface area contributed by atoms with Crippen LogP contribution in [0.15, 0.2) is 84.9 Å². The Labute approximate surface area is 182 Å². The number of para-hydroxylation sites is 1. The molecule has 1 amide bonds. The molecule has 0 spiro atoms. The molecule has 158 valence electrons. The summed E-state index contributed by atoms with van der Waals surface area (Å²) in [6.45, 7) is 4.09. The molecule has 5 nitrogen and oxygen atoms in total. The Kier molecular flexibility index (Phi) is 6.43. The van der Waals surface area contributed by atoms with Crippen molar-refractivity contribution in [3.05, 3.63) is 102 Å². The molecule has 1 saturated heterocycles. The number of hydrogen-bond donors (Lipinski definition) is 0. The highest BCUT2D eigenvalue weighted by molar-refractivity contribution is 5.97. The van der Waals surface area contributed by atoms with Crippen LogP contribution in [0.2, 0.25) is 0 Å². The molecule has 1 fully saturated rings. The monoisotopic (exact) mass is 414 g/mol. The minimum absolute atomic E-state index is 0.104. The van der Waals surface area contributed by atoms with Crippen molar-refractivity contribution in [2.75, 3.05) is 26.2 Å². The van der Waals surface area contributed by atoms with Gasteiger partial charge in [0.25, 0.3) is 5.91 Å². The summed E-state index contributed by atoms with van der Waals surface area (Å²) < 4.78 is 5.24. The predicted molar refractivity (Wildman–Crippen MR) is 120 cm³/mol. The molecule has 5 heteroatoms. The third kappa shape index (κ3) is 4.84. The van der Waals surface area contributed by atoms with Gasteiger partial charge in [-0.05, 0) is 23.3 Å². The average molecular weight is 415 g/mol. The maximum Gasteiger partial charge on any atom is 0.308 e. The third-order valence-corrected chi connectivity index (χ3v) is 5.57. The summed E-state index contributed by atoms with van der Waals surface area (Å²) in [6.07, 6.45) is 0. The van der Waals surface area contributed by atoms with Crippen molar-refractivity contribution < 1.29 is 14.3 Å². The molecule has 0 unspecified atom stereocenters. The van der Waals surface area contributed by atoms with Crippen LogP contribution in [-0.2, 0) is 4.79 Å². The Bertz CT molecular complexity index is 989. The van der Waals surface area contributed by atoms with E-state index in [0.29, 0.717) is 24.4 Å². The third-order valence-electron chi connectivity index (χ3n) is 5.57. The Morgan fingerprint density at radius 3 is 1.81 bits per heavy atom. The molecule has 0 N–H and O–H groups in total. The fraction of sp³-hybridized carbons (Fsp3) is 0.231. The zero-order chi connectivity index (χ0) is 21.6. The molecule has 3 aromatic rings. The summed E-state index contributed by atoms with van der Waals surface area (Å²) in [5.74, 6) is -0.222. The van der Waals surface area contributed by atoms with Crippen molar-refractivity contribution in [1.29, 1.82) is 0 Å². The minimum atomic E-state index is -0.432. The molecule has 0 saturated carbocycles. The van der Waals surface area contributed by atoms with Crippen molar-refractivity contribution in [3.63, 3.8) is 0 Å². The van der Waals surface area contributed by atoms with Gasteiger partial charge in [0.05, 0.1) is 11.6 Å². The average Bonchev–Trinajstić information content (AvgIpc) is 2.81. The van der Waals surface area contributed by atoms with Crippen molar-refractivity contribution >= 4 is 11.9 Å². The van der Waals surface area contributed by atoms with E-state index in [0.717, 1.165) is 13.1 Å². The fourth-order valence-electron chi connectivity index (χ4n) is 4.13. The largest absolute Gasteiger partial charge is 0.426 e. The SMILES string of the molecule is CC(=O)Oc1ccccc1C(=O)N1CCN(C(c2ccccc2)c2ccccc2)CC1. The van der Waals surface area contributed by atoms with E-state index in [1.165, 1.54) is 18.1 Å². The highest BCUT2D eigenvalue weighted by Gasteiger charge is 2.29. The Balaban J connectivity index is 1.51. The number of nitrogens with zero attached hydrogens (tertiary/aromatic N) is 2. The van der Waals surface area contributed by atoms with Gasteiger partial charge in [0.2, 0.25) is 0 Å². The minimum Gasteiger partial charge on any atom is -0.426 e. The number of ether oxygens (including phenoxy) is 1. The highest BCUT2D eigenvalue weighted by Crippen LogP contribution is 2.30. The van der Waals surface area contributed by atoms with E-state index in [-0.39, 0.29) is 11.9 Å². The van der Waals surface area contributed by atoms with Crippen molar-refractivity contribution in [1.82, 2.24) is 9.80 Å². The van der Waals surface area contributed by atoms with Gasteiger partial charge in [-0.15, -0.1) is 0 Å². The lowest BCUT2D eigenvalue weighted by molar-refractivity contribution is -0.131. The van der Waals surface area contributed by atoms with E-state index >= 15 is 0 Å². The van der Waals surface area contributed by atoms with Gasteiger partial charge >= 0.3 is 5.97 Å². The number of amides is 1. The van der Waals surface area contributed by atoms with Crippen molar-refractivity contribution in [3.8, 4) is 5.75 Å². The number of piperazine rings is 1. The second-order valence-electron chi connectivity index (χ2n) is 7.64. The fourth-order valence-corrected chi connectivity index (χ4v) is 4.13. The molecule has 0 bridgehead atoms. The van der Waals surface area contributed by atoms with Gasteiger partial charge in [-0.25, -0.2) is 0 Å². The van der Waals surface area contributed by atoms with Crippen LogP contribution in [0.1, 0.15) is 34.5 Å². The van der Waals surface area contributed by atoms with Crippen LogP contribution in [-0.4, -0.2) is 47.9 Å². The van der Waals surface area contributed by atoms with Gasteiger partial charge in [0.15, 0.2) is 0 Å². The van der Waals surface area contributed by atoms with Gasteiger partial charge < -0.3 is 9.64 Å². The molecule has 1 aliphatic rings. The Morgan fingerprint density at radius 1 is 0.742 bits per heavy atom. The number of carbonyl (C=O) groups excluding carboxylic acids is 2. The van der Waals surface area contributed by atoms with Crippen LogP contribution in [0.3, 0.4) is 0 Å². The molecule has 0 aliphatic carbocycles. The quantitative estimate of drug-likeness (QED) is 0.465. The summed E-state index contributed by atoms with van der Waals surface area (Å²) >= 11 is 0. The van der Waals surface area contributed by atoms with Crippen LogP contribution in [0.4, 0.5) is 0 Å². The number of rotatable bonds is 5. The van der Waals surface area contributed by atoms with E-state index in [1.807, 2.05) is 17.0 Å². The Hall–Kier alpha value is -3.44. The molecule has 4 rings (SSSR count). The number of hydrogen-bond acceptors (Lipinski definition) is 4. The normalized spacial score (nSPS) is 14.5. The molecular weight excluding hydrogens is 388 g/mol. The van der Waals surface area contributed by atoms with E-state index in [2.05, 4.69) is 53.4 Å². The van der Waals surface area contributed by atoms with Gasteiger partial charge in [-0.1, -0.05) is 72.8 Å². The first-order valence-corrected chi connectivity index (χ1v) is 10.5. The molecule has 0 atom stereocenters. The molecule has 1 heterocycles. The van der Waals surface area contributed by atoms with Gasteiger partial charge in [-0.2, -0.15) is 0 Å². The lowest BCUT2D eigenvalue weighted by Crippen LogP contribution is -2.50. The summed E-state index contributed by atoms with van der Waals surface area (Å²) in [6, 6.07) is 28.0. The lowest BCUT2D eigenvalue weighted by atomic mass is 9.96. The first-order valence-electron chi connectivity index (χ1n) is 10.5. The smallest absolute Gasteiger partial charge is 0.308 e. The van der Waals surface area contributed by atoms with Gasteiger partial charge in [0, 0.05) is 33.1 Å². The standard InChI is InChI=1S/C26H26N2O3/c1-20(29)31-24-15-9-8-14-23(24)26(30)28-18-16-27(17-19-28)25(21-10-4-2-5-11-21)22-12-6-3-7-13-22/h2-15,25H,16-19H2,1H3. The molecular formula is C26H26N2O3. The second kappa shape index (κ2) is 9.58. The van der Waals surface area contributed by atoms with Crippen LogP contribution in [0, 0.1) is 0 Å². The number of esters is 1. The topological polar surface area (TPSA) is 49.9 Å². The van der Waals surface area contributed by atoms with Crippen LogP contribution < -0.4 is 4.74 Å². The number of benzene rings is 3. The van der Waals surface area contributed by atoms with Gasteiger partial charge in [-0.3, -0.25) is 14.5 Å². The lowest BCUT2D eigenvalue weighted by Gasteiger charge is -2.40.